The van der Waals surface area contributed by atoms with Crippen LogP contribution in [0.3, 0.4) is 0 Å². The first-order chi connectivity index (χ1) is 9.83. The van der Waals surface area contributed by atoms with Crippen molar-refractivity contribution in [3.8, 4) is 0 Å². The molecule has 1 aromatic carbocycles. The highest BCUT2D eigenvalue weighted by atomic mass is 32.2. The molecule has 1 rings (SSSR count). The van der Waals surface area contributed by atoms with Crippen molar-refractivity contribution in [2.24, 2.45) is 0 Å². The van der Waals surface area contributed by atoms with Crippen LogP contribution in [-0.4, -0.2) is 40.8 Å². The van der Waals surface area contributed by atoms with Gasteiger partial charge in [-0.15, -0.1) is 0 Å². The minimum absolute atomic E-state index is 0.0470. The minimum Gasteiger partial charge on any atom is -0.393 e. The van der Waals surface area contributed by atoms with Crippen molar-refractivity contribution in [3.63, 3.8) is 0 Å². The lowest BCUT2D eigenvalue weighted by atomic mass is 10.1. The molecule has 0 heterocycles. The summed E-state index contributed by atoms with van der Waals surface area (Å²) in [4.78, 5) is 23.9. The monoisotopic (exact) mass is 315 g/mol. The fourth-order valence-corrected chi connectivity index (χ4v) is 2.83. The Kier molecular flexibility index (Phi) is 5.95. The summed E-state index contributed by atoms with van der Waals surface area (Å²) < 4.78 is 13.5. The maximum absolute atomic E-state index is 13.5. The summed E-state index contributed by atoms with van der Waals surface area (Å²) >= 11 is 1.58. The second kappa shape index (κ2) is 7.26. The number of nitrogens with two attached hydrogens (primary N) is 1. The van der Waals surface area contributed by atoms with Crippen molar-refractivity contribution in [1.29, 1.82) is 0 Å². The molecule has 0 aliphatic rings. The summed E-state index contributed by atoms with van der Waals surface area (Å²) in [5.41, 5.74) is 4.57. The maximum atomic E-state index is 13.5. The van der Waals surface area contributed by atoms with Gasteiger partial charge in [-0.2, -0.15) is 11.8 Å². The van der Waals surface area contributed by atoms with Crippen LogP contribution >= 0.6 is 11.8 Å². The molecule has 0 spiro atoms. The van der Waals surface area contributed by atoms with Crippen molar-refractivity contribution in [1.82, 2.24) is 4.90 Å². The van der Waals surface area contributed by atoms with E-state index in [-0.39, 0.29) is 17.3 Å². The van der Waals surface area contributed by atoms with Crippen molar-refractivity contribution in [3.05, 3.63) is 33.6 Å². The van der Waals surface area contributed by atoms with Gasteiger partial charge in [-0.05, 0) is 18.7 Å². The number of nitro benzene ring substituents is 1. The van der Waals surface area contributed by atoms with E-state index in [1.807, 2.05) is 13.2 Å². The normalized spacial score (nSPS) is 12.0. The largest absolute Gasteiger partial charge is 0.393 e. The number of hydrogen-bond acceptors (Lipinski definition) is 5. The van der Waals surface area contributed by atoms with E-state index in [0.29, 0.717) is 6.07 Å². The lowest BCUT2D eigenvalue weighted by Gasteiger charge is -2.27. The number of thioether (sulfide) groups is 1. The molecular weight excluding hydrogens is 297 g/mol. The predicted octanol–water partition coefficient (Wildman–Crippen LogP) is 2.53. The van der Waals surface area contributed by atoms with Crippen LogP contribution < -0.4 is 5.73 Å². The van der Waals surface area contributed by atoms with Gasteiger partial charge >= 0.3 is 0 Å². The van der Waals surface area contributed by atoms with Crippen LogP contribution in [0.5, 0.6) is 0 Å². The van der Waals surface area contributed by atoms with E-state index < -0.39 is 22.3 Å². The molecule has 2 N–H and O–H groups in total. The summed E-state index contributed by atoms with van der Waals surface area (Å²) in [5.74, 6) is -0.655. The first-order valence-corrected chi connectivity index (χ1v) is 7.72. The molecule has 0 saturated heterocycles. The molecule has 0 saturated carbocycles. The molecule has 8 heteroatoms. The zero-order valence-electron chi connectivity index (χ0n) is 12.1. The Morgan fingerprint density at radius 2 is 2.19 bits per heavy atom. The van der Waals surface area contributed by atoms with Gasteiger partial charge < -0.3 is 10.6 Å². The van der Waals surface area contributed by atoms with E-state index in [1.54, 1.807) is 18.8 Å². The molecule has 0 bridgehead atoms. The summed E-state index contributed by atoms with van der Waals surface area (Å²) in [5, 5.41) is 10.8. The Labute approximate surface area is 126 Å². The van der Waals surface area contributed by atoms with Crippen LogP contribution in [0.4, 0.5) is 15.8 Å². The number of benzene rings is 1. The Morgan fingerprint density at radius 1 is 1.57 bits per heavy atom. The maximum Gasteiger partial charge on any atom is 0.295 e. The van der Waals surface area contributed by atoms with Gasteiger partial charge in [-0.1, -0.05) is 6.92 Å². The van der Waals surface area contributed by atoms with Crippen molar-refractivity contribution in [2.45, 2.75) is 19.4 Å². The molecule has 0 fully saturated rings. The minimum atomic E-state index is -0.856. The van der Waals surface area contributed by atoms with Crippen molar-refractivity contribution >= 4 is 29.0 Å². The molecule has 6 nitrogen and oxygen atoms in total. The number of nitro groups is 1. The van der Waals surface area contributed by atoms with Gasteiger partial charge in [0.25, 0.3) is 11.6 Å². The molecule has 1 atom stereocenters. The van der Waals surface area contributed by atoms with Gasteiger partial charge in [0.15, 0.2) is 0 Å². The van der Waals surface area contributed by atoms with Crippen LogP contribution in [-0.2, 0) is 0 Å². The fraction of sp³-hybridized carbons (Fsp3) is 0.462. The van der Waals surface area contributed by atoms with Gasteiger partial charge in [-0.3, -0.25) is 14.9 Å². The standard InChI is InChI=1S/C13H18FN3O3S/c1-4-9(7-21-3)16(2)13(18)10-5-8(14)6-11(12(10)15)17(19)20/h5-6,9H,4,7,15H2,1-3H3. The zero-order valence-corrected chi connectivity index (χ0v) is 12.9. The SMILES string of the molecule is CCC(CSC)N(C)C(=O)c1cc(F)cc([N+](=O)[O-])c1N. The second-order valence-electron chi connectivity index (χ2n) is 4.58. The van der Waals surface area contributed by atoms with Crippen molar-refractivity contribution < 1.29 is 14.1 Å². The quantitative estimate of drug-likeness (QED) is 0.495. The van der Waals surface area contributed by atoms with Gasteiger partial charge in [0.1, 0.15) is 11.5 Å². The number of carbonyl (C=O) groups excluding carboxylic acids is 1. The third kappa shape index (κ3) is 3.84. The van der Waals surface area contributed by atoms with E-state index in [0.717, 1.165) is 18.2 Å². The summed E-state index contributed by atoms with van der Waals surface area (Å²) in [7, 11) is 1.59. The number of amides is 1. The number of hydrogen-bond donors (Lipinski definition) is 1. The Balaban J connectivity index is 3.21. The van der Waals surface area contributed by atoms with Crippen LogP contribution in [0.1, 0.15) is 23.7 Å². The molecule has 21 heavy (non-hydrogen) atoms. The molecule has 0 aromatic heterocycles. The Morgan fingerprint density at radius 3 is 2.67 bits per heavy atom. The van der Waals surface area contributed by atoms with Crippen LogP contribution in [0.25, 0.3) is 0 Å². The number of rotatable bonds is 6. The molecule has 1 aromatic rings. The number of nitrogen functional groups attached to an aromatic ring is 1. The lowest BCUT2D eigenvalue weighted by molar-refractivity contribution is -0.384. The van der Waals surface area contributed by atoms with E-state index in [1.165, 1.54) is 4.90 Å². The number of carbonyl (C=O) groups is 1. The zero-order chi connectivity index (χ0) is 16.2. The van der Waals surface area contributed by atoms with Crippen LogP contribution in [0, 0.1) is 15.9 Å². The third-order valence-electron chi connectivity index (χ3n) is 3.25. The van der Waals surface area contributed by atoms with Gasteiger partial charge in [-0.25, -0.2) is 4.39 Å². The number of halogens is 1. The Bertz CT molecular complexity index is 554. The van der Waals surface area contributed by atoms with E-state index >= 15 is 0 Å². The lowest BCUT2D eigenvalue weighted by Crippen LogP contribution is -2.38. The van der Waals surface area contributed by atoms with Gasteiger partial charge in [0, 0.05) is 18.8 Å². The summed E-state index contributed by atoms with van der Waals surface area (Å²) in [6, 6.07) is 1.60. The highest BCUT2D eigenvalue weighted by Crippen LogP contribution is 2.28. The average Bonchev–Trinajstić information content (AvgIpc) is 2.45. The molecule has 116 valence electrons. The molecular formula is C13H18FN3O3S. The van der Waals surface area contributed by atoms with Crippen LogP contribution in [0.15, 0.2) is 12.1 Å². The molecule has 0 aliphatic heterocycles. The van der Waals surface area contributed by atoms with Gasteiger partial charge in [0.2, 0.25) is 0 Å². The summed E-state index contributed by atoms with van der Waals surface area (Å²) in [6.07, 6.45) is 2.64. The highest BCUT2D eigenvalue weighted by Gasteiger charge is 2.26. The third-order valence-corrected chi connectivity index (χ3v) is 3.97. The average molecular weight is 315 g/mol. The molecule has 1 amide bonds. The summed E-state index contributed by atoms with van der Waals surface area (Å²) in [6.45, 7) is 1.93. The van der Waals surface area contributed by atoms with E-state index in [4.69, 9.17) is 5.73 Å². The van der Waals surface area contributed by atoms with Crippen molar-refractivity contribution in [2.75, 3.05) is 24.8 Å². The number of anilines is 1. The molecule has 0 radical (unpaired) electrons. The Hall–Kier alpha value is -1.83. The van der Waals surface area contributed by atoms with Crippen LogP contribution in [0.2, 0.25) is 0 Å². The fourth-order valence-electron chi connectivity index (χ4n) is 1.98. The first-order valence-electron chi connectivity index (χ1n) is 6.32. The number of nitrogens with zero attached hydrogens (tertiary/aromatic N) is 2. The van der Waals surface area contributed by atoms with Gasteiger partial charge in [0.05, 0.1) is 16.6 Å². The van der Waals surface area contributed by atoms with E-state index in [2.05, 4.69) is 0 Å². The first kappa shape index (κ1) is 17.2. The van der Waals surface area contributed by atoms with E-state index in [9.17, 15) is 19.3 Å². The predicted molar refractivity (Wildman–Crippen MR) is 82.0 cm³/mol. The molecule has 0 aliphatic carbocycles. The molecule has 1 unspecified atom stereocenters. The second-order valence-corrected chi connectivity index (χ2v) is 5.49. The smallest absolute Gasteiger partial charge is 0.295 e. The highest BCUT2D eigenvalue weighted by molar-refractivity contribution is 7.98. The topological polar surface area (TPSA) is 89.5 Å².